The molecule has 2 aromatic carbocycles. The first-order valence-electron chi connectivity index (χ1n) is 6.83. The number of aryl methyl sites for hydroxylation is 1. The maximum Gasteiger partial charge on any atom is 0.123 e. The fourth-order valence-corrected chi connectivity index (χ4v) is 2.70. The molecule has 19 heavy (non-hydrogen) atoms. The quantitative estimate of drug-likeness (QED) is 0.849. The highest BCUT2D eigenvalue weighted by atomic mass is 19.1. The summed E-state index contributed by atoms with van der Waals surface area (Å²) in [6.45, 7) is 2.21. The summed E-state index contributed by atoms with van der Waals surface area (Å²) >= 11 is 0. The molecule has 1 nitrogen and oxygen atoms in total. The summed E-state index contributed by atoms with van der Waals surface area (Å²) in [6, 6.07) is 13.9. The number of nitrogens with one attached hydrogen (secondary N) is 1. The molecule has 0 saturated carbocycles. The number of hydrogen-bond donors (Lipinski definition) is 1. The largest absolute Gasteiger partial charge is 0.382 e. The molecule has 1 heterocycles. The van der Waals surface area contributed by atoms with E-state index in [4.69, 9.17) is 0 Å². The van der Waals surface area contributed by atoms with Crippen LogP contribution >= 0.6 is 0 Å². The second kappa shape index (κ2) is 5.04. The van der Waals surface area contributed by atoms with E-state index >= 15 is 0 Å². The molecule has 0 aliphatic carbocycles. The zero-order valence-electron chi connectivity index (χ0n) is 11.1. The van der Waals surface area contributed by atoms with Gasteiger partial charge in [-0.2, -0.15) is 0 Å². The molecule has 3 rings (SSSR count). The minimum absolute atomic E-state index is 0.161. The van der Waals surface area contributed by atoms with Gasteiger partial charge < -0.3 is 5.32 Å². The first kappa shape index (κ1) is 12.2. The van der Waals surface area contributed by atoms with Gasteiger partial charge in [-0.1, -0.05) is 24.3 Å². The van der Waals surface area contributed by atoms with Crippen LogP contribution in [-0.2, 0) is 12.8 Å². The molecule has 0 aromatic heterocycles. The molecule has 2 heteroatoms. The molecule has 2 aromatic rings. The van der Waals surface area contributed by atoms with E-state index in [0.29, 0.717) is 6.04 Å². The molecular weight excluding hydrogens is 237 g/mol. The van der Waals surface area contributed by atoms with Gasteiger partial charge in [-0.3, -0.25) is 0 Å². The summed E-state index contributed by atoms with van der Waals surface area (Å²) in [5.41, 5.74) is 4.91. The van der Waals surface area contributed by atoms with Gasteiger partial charge in [-0.15, -0.1) is 0 Å². The molecule has 0 radical (unpaired) electrons. The van der Waals surface area contributed by atoms with Gasteiger partial charge in [0.2, 0.25) is 0 Å². The van der Waals surface area contributed by atoms with E-state index in [-0.39, 0.29) is 5.82 Å². The monoisotopic (exact) mass is 255 g/mol. The minimum Gasteiger partial charge on any atom is -0.382 e. The maximum absolute atomic E-state index is 13.2. The first-order chi connectivity index (χ1) is 9.20. The van der Waals surface area contributed by atoms with Crippen LogP contribution in [0.4, 0.5) is 10.1 Å². The molecular formula is C17H18FN. The van der Waals surface area contributed by atoms with Crippen molar-refractivity contribution in [1.82, 2.24) is 0 Å². The molecule has 98 valence electrons. The third-order valence-corrected chi connectivity index (χ3v) is 3.72. The zero-order valence-corrected chi connectivity index (χ0v) is 11.1. The Morgan fingerprint density at radius 1 is 1.16 bits per heavy atom. The van der Waals surface area contributed by atoms with Crippen molar-refractivity contribution in [2.45, 2.75) is 32.2 Å². The predicted molar refractivity (Wildman–Crippen MR) is 77.1 cm³/mol. The number of anilines is 1. The summed E-state index contributed by atoms with van der Waals surface area (Å²) in [6.07, 6.45) is 3.09. The van der Waals surface area contributed by atoms with Crippen molar-refractivity contribution < 1.29 is 4.39 Å². The van der Waals surface area contributed by atoms with Crippen molar-refractivity contribution in [3.05, 3.63) is 65.0 Å². The zero-order chi connectivity index (χ0) is 13.2. The predicted octanol–water partition coefficient (Wildman–Crippen LogP) is 4.16. The molecule has 1 unspecified atom stereocenters. The normalized spacial score (nSPS) is 17.7. The van der Waals surface area contributed by atoms with Crippen molar-refractivity contribution in [2.24, 2.45) is 0 Å². The molecule has 1 aliphatic heterocycles. The lowest BCUT2D eigenvalue weighted by Crippen LogP contribution is -2.21. The van der Waals surface area contributed by atoms with Gasteiger partial charge in [-0.05, 0) is 61.1 Å². The lowest BCUT2D eigenvalue weighted by Gasteiger charge is -2.24. The van der Waals surface area contributed by atoms with Gasteiger partial charge >= 0.3 is 0 Å². The fraction of sp³-hybridized carbons (Fsp3) is 0.294. The van der Waals surface area contributed by atoms with E-state index in [1.165, 1.54) is 29.3 Å². The van der Waals surface area contributed by atoms with Crippen LogP contribution in [-0.4, -0.2) is 6.04 Å². The highest BCUT2D eigenvalue weighted by Gasteiger charge is 2.14. The highest BCUT2D eigenvalue weighted by molar-refractivity contribution is 5.55. The fourth-order valence-electron chi connectivity index (χ4n) is 2.70. The van der Waals surface area contributed by atoms with Crippen LogP contribution in [0.3, 0.4) is 0 Å². The second-order valence-electron chi connectivity index (χ2n) is 5.38. The maximum atomic E-state index is 13.2. The number of fused-ring (bicyclic) bond motifs is 1. The van der Waals surface area contributed by atoms with Crippen LogP contribution in [0, 0.1) is 5.82 Å². The van der Waals surface area contributed by atoms with Crippen molar-refractivity contribution in [1.29, 1.82) is 0 Å². The average molecular weight is 255 g/mol. The topological polar surface area (TPSA) is 12.0 Å². The summed E-state index contributed by atoms with van der Waals surface area (Å²) in [5.74, 6) is -0.161. The molecule has 1 atom stereocenters. The average Bonchev–Trinajstić information content (AvgIpc) is 2.39. The van der Waals surface area contributed by atoms with Crippen LogP contribution in [0.15, 0.2) is 42.5 Å². The van der Waals surface area contributed by atoms with Crippen molar-refractivity contribution in [3.8, 4) is 0 Å². The third kappa shape index (κ3) is 2.78. The summed E-state index contributed by atoms with van der Waals surface area (Å²) in [7, 11) is 0. The van der Waals surface area contributed by atoms with Crippen molar-refractivity contribution in [3.63, 3.8) is 0 Å². The number of rotatable bonds is 2. The summed E-state index contributed by atoms with van der Waals surface area (Å²) < 4.78 is 13.2. The lowest BCUT2D eigenvalue weighted by molar-refractivity contribution is 0.626. The molecule has 0 bridgehead atoms. The van der Waals surface area contributed by atoms with Crippen molar-refractivity contribution >= 4 is 5.69 Å². The van der Waals surface area contributed by atoms with Gasteiger partial charge in [0.1, 0.15) is 5.82 Å². The van der Waals surface area contributed by atoms with Gasteiger partial charge in [0.25, 0.3) is 0 Å². The van der Waals surface area contributed by atoms with Crippen molar-refractivity contribution in [2.75, 3.05) is 5.32 Å². The Bertz CT molecular complexity index is 592. The Hall–Kier alpha value is -1.83. The van der Waals surface area contributed by atoms with Crippen LogP contribution < -0.4 is 5.32 Å². The second-order valence-corrected chi connectivity index (χ2v) is 5.38. The summed E-state index contributed by atoms with van der Waals surface area (Å²) in [5, 5.41) is 3.50. The molecule has 1 N–H and O–H groups in total. The molecule has 1 aliphatic rings. The Kier molecular flexibility index (Phi) is 3.24. The Balaban J connectivity index is 1.83. The first-order valence-corrected chi connectivity index (χ1v) is 6.83. The van der Waals surface area contributed by atoms with Gasteiger partial charge in [0.05, 0.1) is 0 Å². The van der Waals surface area contributed by atoms with Crippen LogP contribution in [0.5, 0.6) is 0 Å². The van der Waals surface area contributed by atoms with Gasteiger partial charge in [-0.25, -0.2) is 4.39 Å². The van der Waals surface area contributed by atoms with Crippen LogP contribution in [0.2, 0.25) is 0 Å². The molecule has 0 amide bonds. The standard InChI is InChI=1S/C17H18FN/c1-12-5-7-15-10-14(6-8-17(15)19-12)9-13-3-2-4-16(18)11-13/h2-4,6,8,10-12,19H,5,7,9H2,1H3. The molecule has 0 saturated heterocycles. The van der Waals surface area contributed by atoms with E-state index < -0.39 is 0 Å². The number of benzene rings is 2. The van der Waals surface area contributed by atoms with E-state index in [1.54, 1.807) is 12.1 Å². The van der Waals surface area contributed by atoms with E-state index in [9.17, 15) is 4.39 Å². The lowest BCUT2D eigenvalue weighted by atomic mass is 9.95. The third-order valence-electron chi connectivity index (χ3n) is 3.72. The van der Waals surface area contributed by atoms with E-state index in [2.05, 4.69) is 30.4 Å². The van der Waals surface area contributed by atoms with Crippen LogP contribution in [0.25, 0.3) is 0 Å². The molecule has 0 spiro atoms. The smallest absolute Gasteiger partial charge is 0.123 e. The van der Waals surface area contributed by atoms with Crippen LogP contribution in [0.1, 0.15) is 30.0 Å². The molecule has 0 fully saturated rings. The van der Waals surface area contributed by atoms with Gasteiger partial charge in [0.15, 0.2) is 0 Å². The van der Waals surface area contributed by atoms with E-state index in [0.717, 1.165) is 18.4 Å². The Morgan fingerprint density at radius 2 is 2.00 bits per heavy atom. The minimum atomic E-state index is -0.161. The number of halogens is 1. The Labute approximate surface area is 113 Å². The highest BCUT2D eigenvalue weighted by Crippen LogP contribution is 2.26. The van der Waals surface area contributed by atoms with Gasteiger partial charge in [0, 0.05) is 11.7 Å². The number of hydrogen-bond acceptors (Lipinski definition) is 1. The SMILES string of the molecule is CC1CCc2cc(Cc3cccc(F)c3)ccc2N1. The summed E-state index contributed by atoms with van der Waals surface area (Å²) in [4.78, 5) is 0. The van der Waals surface area contributed by atoms with E-state index in [1.807, 2.05) is 6.07 Å². The Morgan fingerprint density at radius 3 is 2.84 bits per heavy atom.